The lowest BCUT2D eigenvalue weighted by molar-refractivity contribution is 0.541. The molecule has 2 aromatic carbocycles. The summed E-state index contributed by atoms with van der Waals surface area (Å²) in [5.41, 5.74) is 4.63. The van der Waals surface area contributed by atoms with E-state index in [1.165, 1.54) is 5.56 Å². The third-order valence-corrected chi connectivity index (χ3v) is 6.55. The minimum absolute atomic E-state index is 0.459. The molecule has 0 atom stereocenters. The number of hydrogen-bond donors (Lipinski definition) is 0. The van der Waals surface area contributed by atoms with Crippen molar-refractivity contribution in [3.05, 3.63) is 65.6 Å². The molecule has 0 bridgehead atoms. The Morgan fingerprint density at radius 1 is 0.971 bits per heavy atom. The molecule has 8 nitrogen and oxygen atoms in total. The third kappa shape index (κ3) is 3.64. The van der Waals surface area contributed by atoms with E-state index in [4.69, 9.17) is 21.0 Å². The van der Waals surface area contributed by atoms with E-state index in [1.54, 1.807) is 11.0 Å². The molecular weight excluding hydrogens is 450 g/mol. The topological polar surface area (TPSA) is 76.1 Å². The van der Waals surface area contributed by atoms with Crippen LogP contribution in [-0.2, 0) is 0 Å². The van der Waals surface area contributed by atoms with Gasteiger partial charge in [-0.1, -0.05) is 37.6 Å². The van der Waals surface area contributed by atoms with E-state index < -0.39 is 0 Å². The molecule has 1 saturated heterocycles. The molecule has 0 unspecified atom stereocenters. The summed E-state index contributed by atoms with van der Waals surface area (Å²) >= 11 is 6.18. The van der Waals surface area contributed by atoms with Gasteiger partial charge < -0.3 is 14.2 Å². The lowest BCUT2D eigenvalue weighted by Gasteiger charge is -2.34. The first kappa shape index (κ1) is 20.9. The van der Waals surface area contributed by atoms with Crippen molar-refractivity contribution in [1.82, 2.24) is 24.7 Å². The standard InChI is InChI=1S/C25H24ClN7O/c1-16(2)17-6-7-22-21(12-17)30-25(34-22)32-10-8-31(9-11-32)23-20-14-29-33(24(20)28-15-27-23)19-5-3-4-18(26)13-19/h3-7,12-16H,8-11H2,1-2H3. The lowest BCUT2D eigenvalue weighted by Crippen LogP contribution is -2.47. The molecule has 3 aromatic heterocycles. The van der Waals surface area contributed by atoms with Gasteiger partial charge in [0.15, 0.2) is 11.2 Å². The van der Waals surface area contributed by atoms with E-state index in [1.807, 2.05) is 36.5 Å². The van der Waals surface area contributed by atoms with Gasteiger partial charge in [-0.2, -0.15) is 10.1 Å². The quantitative estimate of drug-likeness (QED) is 0.361. The second kappa shape index (κ2) is 8.29. The minimum Gasteiger partial charge on any atom is -0.423 e. The molecule has 1 fully saturated rings. The van der Waals surface area contributed by atoms with E-state index in [-0.39, 0.29) is 0 Å². The average molecular weight is 474 g/mol. The highest BCUT2D eigenvalue weighted by molar-refractivity contribution is 6.30. The molecule has 9 heteroatoms. The van der Waals surface area contributed by atoms with Gasteiger partial charge in [-0.25, -0.2) is 14.6 Å². The number of fused-ring (bicyclic) bond motifs is 2. The second-order valence-corrected chi connectivity index (χ2v) is 9.26. The minimum atomic E-state index is 0.459. The van der Waals surface area contributed by atoms with Crippen molar-refractivity contribution in [3.8, 4) is 5.69 Å². The van der Waals surface area contributed by atoms with Gasteiger partial charge in [0.05, 0.1) is 17.3 Å². The highest BCUT2D eigenvalue weighted by atomic mass is 35.5. The number of oxazole rings is 1. The van der Waals surface area contributed by atoms with Crippen molar-refractivity contribution in [2.75, 3.05) is 36.0 Å². The Balaban J connectivity index is 1.23. The van der Waals surface area contributed by atoms with Crippen LogP contribution in [0.1, 0.15) is 25.3 Å². The molecule has 0 aliphatic carbocycles. The number of hydrogen-bond acceptors (Lipinski definition) is 7. The summed E-state index contributed by atoms with van der Waals surface area (Å²) in [4.78, 5) is 18.3. The lowest BCUT2D eigenvalue weighted by atomic mass is 10.0. The van der Waals surface area contributed by atoms with Gasteiger partial charge in [-0.15, -0.1) is 0 Å². The molecule has 0 radical (unpaired) electrons. The van der Waals surface area contributed by atoms with Gasteiger partial charge in [0.1, 0.15) is 17.7 Å². The Morgan fingerprint density at radius 2 is 1.79 bits per heavy atom. The van der Waals surface area contributed by atoms with Crippen LogP contribution < -0.4 is 9.80 Å². The molecule has 5 aromatic rings. The van der Waals surface area contributed by atoms with Crippen LogP contribution in [0, 0.1) is 0 Å². The molecule has 0 saturated carbocycles. The van der Waals surface area contributed by atoms with Crippen molar-refractivity contribution < 1.29 is 4.42 Å². The number of rotatable bonds is 4. The van der Waals surface area contributed by atoms with E-state index in [9.17, 15) is 0 Å². The molecular formula is C25H24ClN7O. The number of anilines is 2. The van der Waals surface area contributed by atoms with Gasteiger partial charge in [0, 0.05) is 31.2 Å². The van der Waals surface area contributed by atoms with E-state index in [0.29, 0.717) is 17.0 Å². The van der Waals surface area contributed by atoms with Crippen LogP contribution in [0.3, 0.4) is 0 Å². The fourth-order valence-electron chi connectivity index (χ4n) is 4.42. The molecule has 0 spiro atoms. The molecule has 4 heterocycles. The van der Waals surface area contributed by atoms with Crippen molar-refractivity contribution in [3.63, 3.8) is 0 Å². The number of benzene rings is 2. The van der Waals surface area contributed by atoms with E-state index >= 15 is 0 Å². The van der Waals surface area contributed by atoms with Crippen molar-refractivity contribution in [1.29, 1.82) is 0 Å². The first-order chi connectivity index (χ1) is 16.6. The van der Waals surface area contributed by atoms with Gasteiger partial charge in [0.2, 0.25) is 0 Å². The van der Waals surface area contributed by atoms with Crippen LogP contribution >= 0.6 is 11.6 Å². The molecule has 1 aliphatic rings. The van der Waals surface area contributed by atoms with Crippen LogP contribution in [0.25, 0.3) is 27.8 Å². The Hall–Kier alpha value is -3.65. The van der Waals surface area contributed by atoms with E-state index in [2.05, 4.69) is 50.8 Å². The molecule has 172 valence electrons. The van der Waals surface area contributed by atoms with Crippen molar-refractivity contribution >= 4 is 45.6 Å². The second-order valence-electron chi connectivity index (χ2n) is 8.82. The third-order valence-electron chi connectivity index (χ3n) is 6.31. The van der Waals surface area contributed by atoms with Crippen molar-refractivity contribution in [2.24, 2.45) is 0 Å². The Morgan fingerprint density at radius 3 is 2.59 bits per heavy atom. The van der Waals surface area contributed by atoms with Gasteiger partial charge in [-0.05, 0) is 41.8 Å². The highest BCUT2D eigenvalue weighted by Crippen LogP contribution is 2.29. The predicted molar refractivity (Wildman–Crippen MR) is 134 cm³/mol. The Bertz CT molecular complexity index is 1480. The van der Waals surface area contributed by atoms with Gasteiger partial charge in [0.25, 0.3) is 6.01 Å². The smallest absolute Gasteiger partial charge is 0.298 e. The first-order valence-electron chi connectivity index (χ1n) is 11.4. The largest absolute Gasteiger partial charge is 0.423 e. The maximum atomic E-state index is 6.18. The molecule has 34 heavy (non-hydrogen) atoms. The van der Waals surface area contributed by atoms with Crippen LogP contribution in [0.5, 0.6) is 0 Å². The summed E-state index contributed by atoms with van der Waals surface area (Å²) in [6, 6.07) is 14.5. The monoisotopic (exact) mass is 473 g/mol. The number of aromatic nitrogens is 5. The summed E-state index contributed by atoms with van der Waals surface area (Å²) in [6.45, 7) is 7.54. The zero-order chi connectivity index (χ0) is 23.2. The predicted octanol–water partition coefficient (Wildman–Crippen LogP) is 5.06. The summed E-state index contributed by atoms with van der Waals surface area (Å²) in [5.74, 6) is 1.35. The Labute approximate surface area is 201 Å². The molecule has 0 amide bonds. The van der Waals surface area contributed by atoms with E-state index in [0.717, 1.165) is 59.8 Å². The van der Waals surface area contributed by atoms with Crippen molar-refractivity contribution in [2.45, 2.75) is 19.8 Å². The van der Waals surface area contributed by atoms with Gasteiger partial charge in [-0.3, -0.25) is 0 Å². The highest BCUT2D eigenvalue weighted by Gasteiger charge is 2.24. The summed E-state index contributed by atoms with van der Waals surface area (Å²) in [6.07, 6.45) is 3.42. The maximum absolute atomic E-state index is 6.18. The fraction of sp³-hybridized carbons (Fsp3) is 0.280. The zero-order valence-electron chi connectivity index (χ0n) is 19.0. The Kier molecular flexibility index (Phi) is 5.10. The zero-order valence-corrected chi connectivity index (χ0v) is 19.8. The normalized spacial score (nSPS) is 14.6. The number of piperazine rings is 1. The van der Waals surface area contributed by atoms with Crippen LogP contribution in [0.15, 0.2) is 59.4 Å². The van der Waals surface area contributed by atoms with Crippen LogP contribution in [-0.4, -0.2) is 50.9 Å². The molecule has 6 rings (SSSR count). The number of nitrogens with zero attached hydrogens (tertiary/aromatic N) is 7. The summed E-state index contributed by atoms with van der Waals surface area (Å²) in [5, 5.41) is 6.14. The average Bonchev–Trinajstić information content (AvgIpc) is 3.48. The van der Waals surface area contributed by atoms with Crippen LogP contribution in [0.4, 0.5) is 11.8 Å². The molecule has 0 N–H and O–H groups in total. The fourth-order valence-corrected chi connectivity index (χ4v) is 4.60. The van der Waals surface area contributed by atoms with Crippen LogP contribution in [0.2, 0.25) is 5.02 Å². The summed E-state index contributed by atoms with van der Waals surface area (Å²) < 4.78 is 7.86. The molecule has 1 aliphatic heterocycles. The van der Waals surface area contributed by atoms with Gasteiger partial charge >= 0.3 is 0 Å². The SMILES string of the molecule is CC(C)c1ccc2oc(N3CCN(c4ncnc5c4cnn5-c4cccc(Cl)c4)CC3)nc2c1. The number of halogens is 1. The maximum Gasteiger partial charge on any atom is 0.298 e. The first-order valence-corrected chi connectivity index (χ1v) is 11.8. The summed E-state index contributed by atoms with van der Waals surface area (Å²) in [7, 11) is 0.